The maximum atomic E-state index is 13.3. The van der Waals surface area contributed by atoms with Gasteiger partial charge in [-0.15, -0.1) is 0 Å². The molecule has 1 aromatic carbocycles. The van der Waals surface area contributed by atoms with Crippen molar-refractivity contribution in [3.63, 3.8) is 0 Å². The molecule has 0 saturated heterocycles. The largest absolute Gasteiger partial charge is 0.361 e. The Kier molecular flexibility index (Phi) is 4.29. The summed E-state index contributed by atoms with van der Waals surface area (Å²) in [5.74, 6) is -0.160. The molecule has 0 unspecified atom stereocenters. The molecule has 0 aliphatic heterocycles. The number of H-pyrrole nitrogens is 1. The van der Waals surface area contributed by atoms with E-state index in [0.717, 1.165) is 6.07 Å². The molecule has 2 heterocycles. The van der Waals surface area contributed by atoms with Gasteiger partial charge in [0.2, 0.25) is 0 Å². The zero-order valence-corrected chi connectivity index (χ0v) is 15.1. The molecule has 0 aliphatic carbocycles. The minimum absolute atomic E-state index is 0.0194. The summed E-state index contributed by atoms with van der Waals surface area (Å²) < 4.78 is 46.5. The number of nitrogens with zero attached hydrogens (tertiary/aromatic N) is 2. The molecular formula is C15H14ClFN4O3S. The van der Waals surface area contributed by atoms with Gasteiger partial charge in [-0.1, -0.05) is 16.8 Å². The number of hydrogen-bond donors (Lipinski definition) is 2. The molecule has 2 N–H and O–H groups in total. The fourth-order valence-corrected chi connectivity index (χ4v) is 4.20. The van der Waals surface area contributed by atoms with Crippen LogP contribution in [0.4, 0.5) is 10.1 Å². The van der Waals surface area contributed by atoms with Crippen LogP contribution in [0.5, 0.6) is 0 Å². The topological polar surface area (TPSA) is 101 Å². The Morgan fingerprint density at radius 1 is 1.24 bits per heavy atom. The van der Waals surface area contributed by atoms with Crippen LogP contribution < -0.4 is 4.72 Å². The third kappa shape index (κ3) is 3.24. The van der Waals surface area contributed by atoms with Crippen molar-refractivity contribution in [2.75, 3.05) is 4.72 Å². The molecule has 0 aliphatic rings. The first-order chi connectivity index (χ1) is 11.7. The summed E-state index contributed by atoms with van der Waals surface area (Å²) in [4.78, 5) is 7.05. The first-order valence-electron chi connectivity index (χ1n) is 7.17. The van der Waals surface area contributed by atoms with E-state index < -0.39 is 15.8 Å². The second-order valence-electron chi connectivity index (χ2n) is 5.46. The molecule has 3 rings (SSSR count). The highest BCUT2D eigenvalue weighted by atomic mass is 35.5. The zero-order chi connectivity index (χ0) is 18.4. The van der Waals surface area contributed by atoms with E-state index in [9.17, 15) is 12.8 Å². The van der Waals surface area contributed by atoms with E-state index in [-0.39, 0.29) is 21.5 Å². The average molecular weight is 385 g/mol. The lowest BCUT2D eigenvalue weighted by atomic mass is 10.2. The number of aromatic amines is 1. The van der Waals surface area contributed by atoms with Crippen molar-refractivity contribution >= 4 is 27.3 Å². The number of hydrogen-bond acceptors (Lipinski definition) is 5. The SMILES string of the molecule is Cc1noc(-c2c(C)[nH]c(C)c2S(=O)(=O)Nc2ccc(F)c(Cl)c2)n1. The van der Waals surface area contributed by atoms with Crippen molar-refractivity contribution in [2.24, 2.45) is 0 Å². The van der Waals surface area contributed by atoms with Crippen LogP contribution in [0.15, 0.2) is 27.6 Å². The van der Waals surface area contributed by atoms with Crippen molar-refractivity contribution in [3.8, 4) is 11.5 Å². The van der Waals surface area contributed by atoms with Gasteiger partial charge in [-0.05, 0) is 39.0 Å². The maximum absolute atomic E-state index is 13.3. The van der Waals surface area contributed by atoms with Gasteiger partial charge < -0.3 is 9.51 Å². The van der Waals surface area contributed by atoms with Crippen molar-refractivity contribution in [1.82, 2.24) is 15.1 Å². The second-order valence-corrected chi connectivity index (χ2v) is 7.49. The third-order valence-corrected chi connectivity index (χ3v) is 5.34. The van der Waals surface area contributed by atoms with Gasteiger partial charge in [0, 0.05) is 11.4 Å². The van der Waals surface area contributed by atoms with Crippen molar-refractivity contribution < 1.29 is 17.3 Å². The first kappa shape index (κ1) is 17.4. The Hall–Kier alpha value is -2.39. The lowest BCUT2D eigenvalue weighted by molar-refractivity contribution is 0.424. The molecule has 0 atom stereocenters. The molecule has 10 heteroatoms. The summed E-state index contributed by atoms with van der Waals surface area (Å²) in [5.41, 5.74) is 1.40. The quantitative estimate of drug-likeness (QED) is 0.715. The molecule has 7 nitrogen and oxygen atoms in total. The van der Waals surface area contributed by atoms with Crippen LogP contribution in [0.2, 0.25) is 5.02 Å². The van der Waals surface area contributed by atoms with Crippen LogP contribution in [0, 0.1) is 26.6 Å². The van der Waals surface area contributed by atoms with E-state index in [1.165, 1.54) is 12.1 Å². The van der Waals surface area contributed by atoms with E-state index in [0.29, 0.717) is 22.8 Å². The van der Waals surface area contributed by atoms with Gasteiger partial charge in [-0.25, -0.2) is 12.8 Å². The van der Waals surface area contributed by atoms with Crippen molar-refractivity contribution in [3.05, 3.63) is 46.3 Å². The van der Waals surface area contributed by atoms with Gasteiger partial charge in [0.15, 0.2) is 5.82 Å². The summed E-state index contributed by atoms with van der Waals surface area (Å²) in [7, 11) is -4.01. The maximum Gasteiger partial charge on any atom is 0.264 e. The first-order valence-corrected chi connectivity index (χ1v) is 9.03. The molecule has 0 radical (unpaired) electrons. The number of halogens is 2. The molecule has 3 aromatic rings. The summed E-state index contributed by atoms with van der Waals surface area (Å²) in [6.07, 6.45) is 0. The number of sulfonamides is 1. The predicted molar refractivity (Wildman–Crippen MR) is 90.5 cm³/mol. The lowest BCUT2D eigenvalue weighted by Crippen LogP contribution is -2.14. The molecule has 0 fully saturated rings. The highest BCUT2D eigenvalue weighted by Gasteiger charge is 2.29. The zero-order valence-electron chi connectivity index (χ0n) is 13.5. The Balaban J connectivity index is 2.10. The number of rotatable bonds is 4. The third-order valence-electron chi connectivity index (χ3n) is 3.50. The number of aromatic nitrogens is 3. The van der Waals surface area contributed by atoms with Crippen LogP contribution >= 0.6 is 11.6 Å². The minimum atomic E-state index is -4.01. The summed E-state index contributed by atoms with van der Waals surface area (Å²) >= 11 is 5.70. The van der Waals surface area contributed by atoms with Crippen molar-refractivity contribution in [2.45, 2.75) is 25.7 Å². The number of benzene rings is 1. The van der Waals surface area contributed by atoms with Gasteiger partial charge in [0.05, 0.1) is 16.3 Å². The van der Waals surface area contributed by atoms with E-state index in [4.69, 9.17) is 16.1 Å². The van der Waals surface area contributed by atoms with Crippen LogP contribution in [0.1, 0.15) is 17.2 Å². The molecule has 0 saturated carbocycles. The molecule has 0 spiro atoms. The van der Waals surface area contributed by atoms with Gasteiger partial charge >= 0.3 is 0 Å². The van der Waals surface area contributed by atoms with Crippen LogP contribution in [-0.2, 0) is 10.0 Å². The Labute approximate surface area is 148 Å². The molecular weight excluding hydrogens is 371 g/mol. The molecule has 25 heavy (non-hydrogen) atoms. The van der Waals surface area contributed by atoms with E-state index in [1.54, 1.807) is 20.8 Å². The van der Waals surface area contributed by atoms with Gasteiger partial charge in [-0.2, -0.15) is 4.98 Å². The standard InChI is InChI=1S/C15H14ClFN4O3S/c1-7-13(15-19-9(3)20-24-15)14(8(2)18-7)25(22,23)21-10-4-5-12(17)11(16)6-10/h4-6,18,21H,1-3H3. The normalized spacial score (nSPS) is 11.7. The predicted octanol–water partition coefficient (Wildman–Crippen LogP) is 3.58. The van der Waals surface area contributed by atoms with Crippen LogP contribution in [-0.4, -0.2) is 23.5 Å². The fourth-order valence-electron chi connectivity index (χ4n) is 2.52. The van der Waals surface area contributed by atoms with Crippen LogP contribution in [0.3, 0.4) is 0 Å². The highest BCUT2D eigenvalue weighted by Crippen LogP contribution is 2.33. The summed E-state index contributed by atoms with van der Waals surface area (Å²) in [6.45, 7) is 4.95. The summed E-state index contributed by atoms with van der Waals surface area (Å²) in [5, 5.41) is 3.51. The van der Waals surface area contributed by atoms with E-state index >= 15 is 0 Å². The van der Waals surface area contributed by atoms with E-state index in [2.05, 4.69) is 19.8 Å². The number of anilines is 1. The summed E-state index contributed by atoms with van der Waals surface area (Å²) in [6, 6.07) is 3.56. The van der Waals surface area contributed by atoms with Gasteiger partial charge in [0.1, 0.15) is 10.7 Å². The minimum Gasteiger partial charge on any atom is -0.361 e. The second kappa shape index (κ2) is 6.16. The smallest absolute Gasteiger partial charge is 0.264 e. The van der Waals surface area contributed by atoms with Gasteiger partial charge in [-0.3, -0.25) is 4.72 Å². The monoisotopic (exact) mass is 384 g/mol. The Bertz CT molecular complexity index is 1060. The Morgan fingerprint density at radius 3 is 2.56 bits per heavy atom. The lowest BCUT2D eigenvalue weighted by Gasteiger charge is -2.09. The average Bonchev–Trinajstić information content (AvgIpc) is 3.05. The molecule has 132 valence electrons. The molecule has 0 bridgehead atoms. The number of nitrogens with one attached hydrogen (secondary N) is 2. The van der Waals surface area contributed by atoms with Crippen molar-refractivity contribution in [1.29, 1.82) is 0 Å². The Morgan fingerprint density at radius 2 is 1.96 bits per heavy atom. The van der Waals surface area contributed by atoms with Crippen LogP contribution in [0.25, 0.3) is 11.5 Å². The number of aryl methyl sites for hydroxylation is 3. The molecule has 2 aromatic heterocycles. The van der Waals surface area contributed by atoms with Gasteiger partial charge in [0.25, 0.3) is 15.9 Å². The molecule has 0 amide bonds. The fraction of sp³-hybridized carbons (Fsp3) is 0.200. The van der Waals surface area contributed by atoms with E-state index in [1.807, 2.05) is 0 Å². The highest BCUT2D eigenvalue weighted by molar-refractivity contribution is 7.93.